The molecule has 19 heavy (non-hydrogen) atoms. The van der Waals surface area contributed by atoms with E-state index >= 15 is 0 Å². The zero-order chi connectivity index (χ0) is 14.0. The number of rotatable bonds is 6. The molecule has 2 aliphatic rings. The van der Waals surface area contributed by atoms with Crippen molar-refractivity contribution in [1.82, 2.24) is 10.0 Å². The van der Waals surface area contributed by atoms with Crippen LogP contribution in [-0.4, -0.2) is 32.3 Å². The number of hydrogen-bond donors (Lipinski definition) is 2. The van der Waals surface area contributed by atoms with Gasteiger partial charge < -0.3 is 5.32 Å². The van der Waals surface area contributed by atoms with E-state index in [1.807, 2.05) is 0 Å². The van der Waals surface area contributed by atoms with Gasteiger partial charge in [-0.1, -0.05) is 26.7 Å². The van der Waals surface area contributed by atoms with Gasteiger partial charge in [-0.3, -0.25) is 0 Å². The van der Waals surface area contributed by atoms with Crippen LogP contribution in [0.3, 0.4) is 0 Å². The quantitative estimate of drug-likeness (QED) is 0.784. The van der Waals surface area contributed by atoms with Crippen molar-refractivity contribution in [2.45, 2.75) is 70.2 Å². The van der Waals surface area contributed by atoms with Crippen molar-refractivity contribution < 1.29 is 8.42 Å². The van der Waals surface area contributed by atoms with Crippen LogP contribution >= 0.6 is 0 Å². The second kappa shape index (κ2) is 6.10. The molecule has 5 heteroatoms. The molecule has 4 atom stereocenters. The zero-order valence-electron chi connectivity index (χ0n) is 12.4. The van der Waals surface area contributed by atoms with Crippen LogP contribution in [0.15, 0.2) is 0 Å². The third-order valence-corrected chi connectivity index (χ3v) is 6.68. The summed E-state index contributed by atoms with van der Waals surface area (Å²) < 4.78 is 27.6. The van der Waals surface area contributed by atoms with Crippen molar-refractivity contribution in [3.8, 4) is 0 Å². The first-order valence-electron chi connectivity index (χ1n) is 7.64. The number of nitrogens with one attached hydrogen (secondary N) is 2. The van der Waals surface area contributed by atoms with Crippen molar-refractivity contribution >= 4 is 10.0 Å². The molecule has 0 spiro atoms. The summed E-state index contributed by atoms with van der Waals surface area (Å²) in [6.45, 7) is 6.76. The second-order valence-corrected chi connectivity index (χ2v) is 8.66. The summed E-state index contributed by atoms with van der Waals surface area (Å²) in [5.74, 6) is 1.05. The molecule has 0 aromatic heterocycles. The van der Waals surface area contributed by atoms with Gasteiger partial charge >= 0.3 is 0 Å². The molecule has 4 unspecified atom stereocenters. The predicted octanol–water partition coefficient (Wildman–Crippen LogP) is 1.87. The average molecular weight is 288 g/mol. The first-order chi connectivity index (χ1) is 8.90. The Labute approximate surface area is 117 Å². The predicted molar refractivity (Wildman–Crippen MR) is 78.5 cm³/mol. The van der Waals surface area contributed by atoms with Gasteiger partial charge in [0.1, 0.15) is 0 Å². The van der Waals surface area contributed by atoms with E-state index in [-0.39, 0.29) is 11.3 Å². The standard InChI is InChI=1S/C14H28N2O2S/c1-10-5-4-6-14(12(10)3)16-19(17,18)11(2)9-15-13-7-8-13/h10-16H,4-9H2,1-3H3. The van der Waals surface area contributed by atoms with E-state index in [1.54, 1.807) is 6.92 Å². The Morgan fingerprint density at radius 1 is 1.16 bits per heavy atom. The van der Waals surface area contributed by atoms with Gasteiger partial charge in [0.25, 0.3) is 0 Å². The fraction of sp³-hybridized carbons (Fsp3) is 1.00. The maximum atomic E-state index is 12.3. The molecule has 2 aliphatic carbocycles. The summed E-state index contributed by atoms with van der Waals surface area (Å²) in [7, 11) is -3.20. The van der Waals surface area contributed by atoms with Gasteiger partial charge in [0.2, 0.25) is 10.0 Å². The van der Waals surface area contributed by atoms with Gasteiger partial charge in [0.15, 0.2) is 0 Å². The molecule has 0 radical (unpaired) electrons. The van der Waals surface area contributed by atoms with Crippen molar-refractivity contribution in [2.75, 3.05) is 6.54 Å². The molecule has 4 nitrogen and oxygen atoms in total. The first kappa shape index (κ1) is 15.3. The minimum Gasteiger partial charge on any atom is -0.313 e. The minimum atomic E-state index is -3.20. The summed E-state index contributed by atoms with van der Waals surface area (Å²) in [5.41, 5.74) is 0. The van der Waals surface area contributed by atoms with E-state index in [0.717, 1.165) is 12.8 Å². The van der Waals surface area contributed by atoms with Crippen molar-refractivity contribution in [2.24, 2.45) is 11.8 Å². The molecular weight excluding hydrogens is 260 g/mol. The average Bonchev–Trinajstić information content (AvgIpc) is 3.15. The fourth-order valence-corrected chi connectivity index (χ4v) is 4.11. The Kier molecular flexibility index (Phi) is 4.90. The third-order valence-electron chi connectivity index (χ3n) is 4.82. The van der Waals surface area contributed by atoms with Gasteiger partial charge in [0.05, 0.1) is 5.25 Å². The lowest BCUT2D eigenvalue weighted by Crippen LogP contribution is -2.48. The molecule has 0 aromatic carbocycles. The SMILES string of the molecule is CC1CCCC(NS(=O)(=O)C(C)CNC2CC2)C1C. The topological polar surface area (TPSA) is 58.2 Å². The lowest BCUT2D eigenvalue weighted by molar-refractivity contribution is 0.226. The van der Waals surface area contributed by atoms with E-state index in [0.29, 0.717) is 24.4 Å². The highest BCUT2D eigenvalue weighted by molar-refractivity contribution is 7.90. The Morgan fingerprint density at radius 3 is 2.47 bits per heavy atom. The second-order valence-electron chi connectivity index (χ2n) is 6.53. The fourth-order valence-electron chi connectivity index (χ4n) is 2.81. The van der Waals surface area contributed by atoms with Gasteiger partial charge in [-0.15, -0.1) is 0 Å². The number of sulfonamides is 1. The highest BCUT2D eigenvalue weighted by atomic mass is 32.2. The molecule has 0 bridgehead atoms. The molecule has 0 amide bonds. The normalized spacial score (nSPS) is 34.2. The largest absolute Gasteiger partial charge is 0.313 e. The van der Waals surface area contributed by atoms with E-state index in [2.05, 4.69) is 23.9 Å². The summed E-state index contributed by atoms with van der Waals surface area (Å²) in [6, 6.07) is 0.684. The van der Waals surface area contributed by atoms with Gasteiger partial charge in [-0.05, 0) is 38.0 Å². The first-order valence-corrected chi connectivity index (χ1v) is 9.19. The van der Waals surface area contributed by atoms with Crippen molar-refractivity contribution in [3.63, 3.8) is 0 Å². The maximum Gasteiger partial charge on any atom is 0.215 e. The summed E-state index contributed by atoms with van der Waals surface area (Å²) in [4.78, 5) is 0. The van der Waals surface area contributed by atoms with Crippen molar-refractivity contribution in [3.05, 3.63) is 0 Å². The molecule has 0 aliphatic heterocycles. The van der Waals surface area contributed by atoms with Crippen LogP contribution in [0.2, 0.25) is 0 Å². The van der Waals surface area contributed by atoms with E-state index in [1.165, 1.54) is 19.3 Å². The molecule has 2 fully saturated rings. The molecule has 0 heterocycles. The summed E-state index contributed by atoms with van der Waals surface area (Å²) >= 11 is 0. The highest BCUT2D eigenvalue weighted by Gasteiger charge is 2.32. The highest BCUT2D eigenvalue weighted by Crippen LogP contribution is 2.30. The molecule has 0 saturated heterocycles. The molecule has 0 aromatic rings. The van der Waals surface area contributed by atoms with Crippen LogP contribution in [0.4, 0.5) is 0 Å². The van der Waals surface area contributed by atoms with E-state index < -0.39 is 10.0 Å². The van der Waals surface area contributed by atoms with E-state index in [9.17, 15) is 8.42 Å². The van der Waals surface area contributed by atoms with Crippen LogP contribution in [0.25, 0.3) is 0 Å². The smallest absolute Gasteiger partial charge is 0.215 e. The van der Waals surface area contributed by atoms with Crippen LogP contribution < -0.4 is 10.0 Å². The lowest BCUT2D eigenvalue weighted by Gasteiger charge is -2.35. The Balaban J connectivity index is 1.87. The van der Waals surface area contributed by atoms with Crippen LogP contribution in [0.1, 0.15) is 52.9 Å². The Bertz CT molecular complexity index is 392. The Morgan fingerprint density at radius 2 is 1.84 bits per heavy atom. The van der Waals surface area contributed by atoms with Crippen LogP contribution in [0.5, 0.6) is 0 Å². The summed E-state index contributed by atoms with van der Waals surface area (Å²) in [6.07, 6.45) is 5.72. The molecule has 2 rings (SSSR count). The Hall–Kier alpha value is -0.130. The van der Waals surface area contributed by atoms with Gasteiger partial charge in [-0.2, -0.15) is 0 Å². The number of hydrogen-bond acceptors (Lipinski definition) is 3. The molecule has 112 valence electrons. The van der Waals surface area contributed by atoms with E-state index in [4.69, 9.17) is 0 Å². The van der Waals surface area contributed by atoms with Crippen LogP contribution in [0, 0.1) is 11.8 Å². The molecular formula is C14H28N2O2S. The van der Waals surface area contributed by atoms with Crippen molar-refractivity contribution in [1.29, 1.82) is 0 Å². The lowest BCUT2D eigenvalue weighted by atomic mass is 9.78. The minimum absolute atomic E-state index is 0.122. The monoisotopic (exact) mass is 288 g/mol. The zero-order valence-corrected chi connectivity index (χ0v) is 13.2. The third kappa shape index (κ3) is 4.17. The molecule has 2 saturated carbocycles. The van der Waals surface area contributed by atoms with Crippen LogP contribution in [-0.2, 0) is 10.0 Å². The summed E-state index contributed by atoms with van der Waals surface area (Å²) in [5, 5.41) is 2.95. The van der Waals surface area contributed by atoms with Gasteiger partial charge in [-0.25, -0.2) is 13.1 Å². The molecule has 2 N–H and O–H groups in total. The van der Waals surface area contributed by atoms with Gasteiger partial charge in [0, 0.05) is 18.6 Å². The maximum absolute atomic E-state index is 12.3.